The van der Waals surface area contributed by atoms with Crippen LogP contribution in [0.25, 0.3) is 22.5 Å². The second kappa shape index (κ2) is 7.36. The minimum atomic E-state index is -1.08. The highest BCUT2D eigenvalue weighted by atomic mass is 32.1. The SMILES string of the molecule is C=Cc1c(C(=O)O)nn(-c2nc(-c3cccc(OC)c3)c(C(C)C)s2)c1C. The van der Waals surface area contributed by atoms with Gasteiger partial charge < -0.3 is 9.84 Å². The van der Waals surface area contributed by atoms with Crippen molar-refractivity contribution in [2.24, 2.45) is 0 Å². The lowest BCUT2D eigenvalue weighted by molar-refractivity contribution is 0.0689. The topological polar surface area (TPSA) is 77.2 Å². The van der Waals surface area contributed by atoms with E-state index in [-0.39, 0.29) is 11.6 Å². The Morgan fingerprint density at radius 2 is 2.15 bits per heavy atom. The first-order valence-electron chi connectivity index (χ1n) is 8.48. The Morgan fingerprint density at radius 1 is 1.41 bits per heavy atom. The van der Waals surface area contributed by atoms with Crippen molar-refractivity contribution in [2.75, 3.05) is 7.11 Å². The molecule has 0 unspecified atom stereocenters. The molecule has 2 heterocycles. The lowest BCUT2D eigenvalue weighted by Gasteiger charge is -2.06. The smallest absolute Gasteiger partial charge is 0.357 e. The molecule has 0 aliphatic rings. The standard InChI is InChI=1S/C20H21N3O3S/c1-6-15-12(4)23(22-17(15)19(24)25)20-21-16(18(27-20)11(2)3)13-8-7-9-14(10-13)26-5/h6-11H,1H2,2-5H3,(H,24,25). The van der Waals surface area contributed by atoms with Gasteiger partial charge in [-0.2, -0.15) is 5.10 Å². The summed E-state index contributed by atoms with van der Waals surface area (Å²) in [7, 11) is 1.63. The molecule has 0 saturated heterocycles. The van der Waals surface area contributed by atoms with Gasteiger partial charge in [-0.25, -0.2) is 14.5 Å². The zero-order valence-electron chi connectivity index (χ0n) is 15.7. The highest BCUT2D eigenvalue weighted by Gasteiger charge is 2.23. The predicted molar refractivity (Wildman–Crippen MR) is 107 cm³/mol. The predicted octanol–water partition coefficient (Wildman–Crippen LogP) is 4.78. The zero-order chi connectivity index (χ0) is 19.7. The van der Waals surface area contributed by atoms with Crippen molar-refractivity contribution in [3.05, 3.63) is 52.7 Å². The minimum Gasteiger partial charge on any atom is -0.497 e. The number of carboxylic acid groups (broad SMARTS) is 1. The first kappa shape index (κ1) is 18.8. The second-order valence-electron chi connectivity index (χ2n) is 6.36. The van der Waals surface area contributed by atoms with Crippen molar-refractivity contribution < 1.29 is 14.6 Å². The number of aromatic nitrogens is 3. The molecule has 1 N–H and O–H groups in total. The van der Waals surface area contributed by atoms with Crippen LogP contribution in [-0.4, -0.2) is 33.0 Å². The number of nitrogens with zero attached hydrogens (tertiary/aromatic N) is 3. The summed E-state index contributed by atoms with van der Waals surface area (Å²) in [6.07, 6.45) is 1.52. The van der Waals surface area contributed by atoms with Gasteiger partial charge in [-0.05, 0) is 25.0 Å². The molecule has 140 valence electrons. The van der Waals surface area contributed by atoms with Gasteiger partial charge in [0.25, 0.3) is 0 Å². The van der Waals surface area contributed by atoms with E-state index in [1.807, 2.05) is 31.2 Å². The summed E-state index contributed by atoms with van der Waals surface area (Å²) in [6, 6.07) is 7.74. The van der Waals surface area contributed by atoms with Crippen LogP contribution in [0.3, 0.4) is 0 Å². The number of carbonyl (C=O) groups is 1. The van der Waals surface area contributed by atoms with Crippen LogP contribution in [0, 0.1) is 6.92 Å². The average molecular weight is 383 g/mol. The minimum absolute atomic E-state index is 0.0215. The Hall–Kier alpha value is -2.93. The number of benzene rings is 1. The van der Waals surface area contributed by atoms with E-state index in [9.17, 15) is 9.90 Å². The Kier molecular flexibility index (Phi) is 5.14. The van der Waals surface area contributed by atoms with Crippen LogP contribution < -0.4 is 4.74 Å². The molecule has 0 bridgehead atoms. The highest BCUT2D eigenvalue weighted by molar-refractivity contribution is 7.14. The van der Waals surface area contributed by atoms with Gasteiger partial charge in [-0.15, -0.1) is 0 Å². The molecular formula is C20H21N3O3S. The van der Waals surface area contributed by atoms with Crippen molar-refractivity contribution in [1.82, 2.24) is 14.8 Å². The van der Waals surface area contributed by atoms with Crippen molar-refractivity contribution in [3.63, 3.8) is 0 Å². The molecule has 1 aromatic carbocycles. The second-order valence-corrected chi connectivity index (χ2v) is 7.37. The van der Waals surface area contributed by atoms with Crippen LogP contribution in [0.5, 0.6) is 5.75 Å². The molecule has 6 nitrogen and oxygen atoms in total. The quantitative estimate of drug-likeness (QED) is 0.663. The number of carboxylic acids is 1. The average Bonchev–Trinajstić information content (AvgIpc) is 3.23. The third-order valence-electron chi connectivity index (χ3n) is 4.26. The van der Waals surface area contributed by atoms with E-state index in [0.29, 0.717) is 16.4 Å². The van der Waals surface area contributed by atoms with Gasteiger partial charge in [-0.3, -0.25) is 0 Å². The van der Waals surface area contributed by atoms with E-state index in [0.717, 1.165) is 21.9 Å². The van der Waals surface area contributed by atoms with E-state index < -0.39 is 5.97 Å². The summed E-state index contributed by atoms with van der Waals surface area (Å²) in [4.78, 5) is 17.4. The van der Waals surface area contributed by atoms with Gasteiger partial charge >= 0.3 is 5.97 Å². The van der Waals surface area contributed by atoms with Gasteiger partial charge in [0, 0.05) is 16.0 Å². The highest BCUT2D eigenvalue weighted by Crippen LogP contribution is 2.37. The molecule has 0 fully saturated rings. The number of hydrogen-bond acceptors (Lipinski definition) is 5. The van der Waals surface area contributed by atoms with Crippen molar-refractivity contribution in [2.45, 2.75) is 26.7 Å². The fourth-order valence-corrected chi connectivity index (χ4v) is 3.98. The number of thiazole rings is 1. The Balaban J connectivity index is 2.19. The van der Waals surface area contributed by atoms with E-state index in [2.05, 4.69) is 25.5 Å². The Bertz CT molecular complexity index is 1020. The summed E-state index contributed by atoms with van der Waals surface area (Å²) >= 11 is 1.51. The van der Waals surface area contributed by atoms with E-state index >= 15 is 0 Å². The van der Waals surface area contributed by atoms with Gasteiger partial charge in [0.1, 0.15) is 5.75 Å². The normalized spacial score (nSPS) is 11.0. The molecule has 3 rings (SSSR count). The summed E-state index contributed by atoms with van der Waals surface area (Å²) in [6.45, 7) is 9.74. The van der Waals surface area contributed by atoms with Crippen LogP contribution >= 0.6 is 11.3 Å². The molecule has 7 heteroatoms. The van der Waals surface area contributed by atoms with Gasteiger partial charge in [0.05, 0.1) is 18.5 Å². The van der Waals surface area contributed by atoms with Crippen molar-refractivity contribution in [3.8, 4) is 22.1 Å². The summed E-state index contributed by atoms with van der Waals surface area (Å²) < 4.78 is 6.91. The van der Waals surface area contributed by atoms with Crippen LogP contribution in [0.15, 0.2) is 30.8 Å². The van der Waals surface area contributed by atoms with Crippen LogP contribution in [-0.2, 0) is 0 Å². The lowest BCUT2D eigenvalue weighted by Crippen LogP contribution is -2.02. The van der Waals surface area contributed by atoms with Gasteiger partial charge in [0.15, 0.2) is 5.69 Å². The maximum atomic E-state index is 11.5. The van der Waals surface area contributed by atoms with Crippen LogP contribution in [0.1, 0.15) is 46.4 Å². The summed E-state index contributed by atoms with van der Waals surface area (Å²) in [5, 5.41) is 14.3. The largest absolute Gasteiger partial charge is 0.497 e. The molecule has 0 aliphatic carbocycles. The molecule has 0 atom stereocenters. The van der Waals surface area contributed by atoms with E-state index in [4.69, 9.17) is 9.72 Å². The molecule has 27 heavy (non-hydrogen) atoms. The molecular weight excluding hydrogens is 362 g/mol. The Morgan fingerprint density at radius 3 is 2.70 bits per heavy atom. The molecule has 2 aromatic heterocycles. The zero-order valence-corrected chi connectivity index (χ0v) is 16.5. The number of ether oxygens (including phenoxy) is 1. The lowest BCUT2D eigenvalue weighted by atomic mass is 10.1. The van der Waals surface area contributed by atoms with Crippen LogP contribution in [0.4, 0.5) is 0 Å². The monoisotopic (exact) mass is 383 g/mol. The van der Waals surface area contributed by atoms with Gasteiger partial charge in [0.2, 0.25) is 5.13 Å². The fourth-order valence-electron chi connectivity index (χ4n) is 2.88. The molecule has 0 radical (unpaired) electrons. The van der Waals surface area contributed by atoms with Crippen molar-refractivity contribution in [1.29, 1.82) is 0 Å². The fraction of sp³-hybridized carbons (Fsp3) is 0.250. The summed E-state index contributed by atoms with van der Waals surface area (Å²) in [5.74, 6) is -0.0688. The Labute approximate surface area is 161 Å². The van der Waals surface area contributed by atoms with E-state index in [1.165, 1.54) is 17.4 Å². The number of hydrogen-bond donors (Lipinski definition) is 1. The van der Waals surface area contributed by atoms with E-state index in [1.54, 1.807) is 11.8 Å². The third kappa shape index (κ3) is 3.38. The number of aromatic carboxylic acids is 1. The first-order chi connectivity index (χ1) is 12.9. The van der Waals surface area contributed by atoms with Crippen LogP contribution in [0.2, 0.25) is 0 Å². The molecule has 0 aliphatic heterocycles. The van der Waals surface area contributed by atoms with Crippen molar-refractivity contribution >= 4 is 23.4 Å². The molecule has 0 amide bonds. The first-order valence-corrected chi connectivity index (χ1v) is 9.29. The summed E-state index contributed by atoms with van der Waals surface area (Å²) in [5.41, 5.74) is 2.99. The number of methoxy groups -OCH3 is 1. The number of rotatable bonds is 6. The molecule has 0 spiro atoms. The third-order valence-corrected chi connectivity index (χ3v) is 5.59. The maximum absolute atomic E-state index is 11.5. The maximum Gasteiger partial charge on any atom is 0.357 e. The molecule has 0 saturated carbocycles. The van der Waals surface area contributed by atoms with Gasteiger partial charge in [-0.1, -0.05) is 50.0 Å². The molecule has 3 aromatic rings.